The molecule has 9 heteroatoms. The van der Waals surface area contributed by atoms with Gasteiger partial charge in [-0.15, -0.1) is 0 Å². The number of imidazole rings is 1. The standard InChI is InChI=1S/C18H20N6O3/c1-10(2)9-24-14-15(23(4)18(27)20-16(14)26)19-17(24)22-21-11(3)12-7-5-6-8-13(12)25/h5-8,25H,1,9H2,2-4H3,(H,19,22)(H,20,26,27)/b21-11-. The number of allylic oxidation sites excluding steroid dienone is 1. The number of hydrazone groups is 1. The predicted octanol–water partition coefficient (Wildman–Crippen LogP) is 1.54. The molecule has 2 heterocycles. The van der Waals surface area contributed by atoms with Gasteiger partial charge in [-0.1, -0.05) is 24.3 Å². The number of benzene rings is 1. The first kappa shape index (κ1) is 18.2. The summed E-state index contributed by atoms with van der Waals surface area (Å²) in [5.74, 6) is 0.393. The van der Waals surface area contributed by atoms with Gasteiger partial charge in [-0.3, -0.25) is 18.9 Å². The fourth-order valence-electron chi connectivity index (χ4n) is 2.72. The maximum Gasteiger partial charge on any atom is 0.329 e. The molecule has 27 heavy (non-hydrogen) atoms. The van der Waals surface area contributed by atoms with Gasteiger partial charge in [0.15, 0.2) is 11.2 Å². The summed E-state index contributed by atoms with van der Waals surface area (Å²) in [5.41, 5.74) is 4.13. The minimum atomic E-state index is -0.548. The van der Waals surface area contributed by atoms with E-state index in [1.807, 2.05) is 6.92 Å². The van der Waals surface area contributed by atoms with Crippen LogP contribution in [-0.2, 0) is 13.6 Å². The lowest BCUT2D eigenvalue weighted by Gasteiger charge is -2.09. The van der Waals surface area contributed by atoms with Crippen LogP contribution < -0.4 is 16.7 Å². The Morgan fingerprint density at radius 2 is 2.04 bits per heavy atom. The molecule has 0 aliphatic heterocycles. The first-order valence-corrected chi connectivity index (χ1v) is 8.22. The highest BCUT2D eigenvalue weighted by atomic mass is 16.3. The van der Waals surface area contributed by atoms with Gasteiger partial charge in [-0.05, 0) is 26.0 Å². The maximum absolute atomic E-state index is 12.3. The summed E-state index contributed by atoms with van der Waals surface area (Å²) in [5, 5.41) is 14.2. The van der Waals surface area contributed by atoms with Crippen molar-refractivity contribution in [2.24, 2.45) is 12.1 Å². The monoisotopic (exact) mass is 368 g/mol. The van der Waals surface area contributed by atoms with E-state index in [1.165, 1.54) is 11.6 Å². The molecule has 9 nitrogen and oxygen atoms in total. The van der Waals surface area contributed by atoms with Crippen molar-refractivity contribution in [3.05, 3.63) is 62.8 Å². The second kappa shape index (κ2) is 6.94. The molecule has 0 spiro atoms. The number of H-pyrrole nitrogens is 1. The van der Waals surface area contributed by atoms with Gasteiger partial charge >= 0.3 is 5.69 Å². The summed E-state index contributed by atoms with van der Waals surface area (Å²) in [6.07, 6.45) is 0. The van der Waals surface area contributed by atoms with Gasteiger partial charge in [-0.2, -0.15) is 10.1 Å². The Labute approximate surface area is 154 Å². The average molecular weight is 368 g/mol. The van der Waals surface area contributed by atoms with Gasteiger partial charge in [0.25, 0.3) is 5.56 Å². The van der Waals surface area contributed by atoms with E-state index in [9.17, 15) is 14.7 Å². The predicted molar refractivity (Wildman–Crippen MR) is 104 cm³/mol. The lowest BCUT2D eigenvalue weighted by atomic mass is 10.1. The van der Waals surface area contributed by atoms with Crippen LogP contribution in [0.3, 0.4) is 0 Å². The van der Waals surface area contributed by atoms with Crippen LogP contribution in [0.4, 0.5) is 5.95 Å². The number of hydrogen-bond donors (Lipinski definition) is 3. The topological polar surface area (TPSA) is 117 Å². The first-order valence-electron chi connectivity index (χ1n) is 8.22. The number of nitrogens with zero attached hydrogens (tertiary/aromatic N) is 4. The molecule has 2 aromatic heterocycles. The summed E-state index contributed by atoms with van der Waals surface area (Å²) < 4.78 is 2.87. The van der Waals surface area contributed by atoms with Crippen LogP contribution in [0.2, 0.25) is 0 Å². The number of phenols is 1. The molecule has 0 fully saturated rings. The second-order valence-corrected chi connectivity index (χ2v) is 6.30. The number of hydrogen-bond acceptors (Lipinski definition) is 6. The number of aryl methyl sites for hydroxylation is 1. The molecule has 3 rings (SSSR count). The first-order chi connectivity index (χ1) is 12.8. The van der Waals surface area contributed by atoms with Crippen molar-refractivity contribution in [2.45, 2.75) is 20.4 Å². The van der Waals surface area contributed by atoms with Crippen LogP contribution in [0.15, 0.2) is 51.1 Å². The molecule has 3 aromatic rings. The van der Waals surface area contributed by atoms with E-state index in [-0.39, 0.29) is 22.9 Å². The number of aromatic amines is 1. The van der Waals surface area contributed by atoms with Crippen LogP contribution >= 0.6 is 0 Å². The summed E-state index contributed by atoms with van der Waals surface area (Å²) in [4.78, 5) is 30.8. The number of para-hydroxylation sites is 1. The molecule has 0 bridgehead atoms. The van der Waals surface area contributed by atoms with Gasteiger partial charge in [0, 0.05) is 19.2 Å². The smallest absolute Gasteiger partial charge is 0.329 e. The molecular weight excluding hydrogens is 348 g/mol. The summed E-state index contributed by atoms with van der Waals surface area (Å²) in [7, 11) is 1.53. The van der Waals surface area contributed by atoms with E-state index in [0.717, 1.165) is 5.57 Å². The third kappa shape index (κ3) is 3.39. The van der Waals surface area contributed by atoms with Crippen molar-refractivity contribution in [3.63, 3.8) is 0 Å². The Bertz CT molecular complexity index is 1180. The van der Waals surface area contributed by atoms with Crippen molar-refractivity contribution in [3.8, 4) is 5.75 Å². The largest absolute Gasteiger partial charge is 0.507 e. The highest BCUT2D eigenvalue weighted by Crippen LogP contribution is 2.19. The molecule has 0 aliphatic rings. The molecule has 140 valence electrons. The van der Waals surface area contributed by atoms with E-state index >= 15 is 0 Å². The molecule has 0 radical (unpaired) electrons. The maximum atomic E-state index is 12.3. The molecule has 0 saturated heterocycles. The molecule has 0 unspecified atom stereocenters. The van der Waals surface area contributed by atoms with Crippen molar-refractivity contribution in [1.29, 1.82) is 0 Å². The third-order valence-corrected chi connectivity index (χ3v) is 4.05. The average Bonchev–Trinajstić information content (AvgIpc) is 2.96. The van der Waals surface area contributed by atoms with Crippen LogP contribution in [0.1, 0.15) is 19.4 Å². The number of rotatable bonds is 5. The Morgan fingerprint density at radius 3 is 2.70 bits per heavy atom. The Morgan fingerprint density at radius 1 is 1.33 bits per heavy atom. The zero-order valence-corrected chi connectivity index (χ0v) is 15.3. The van der Waals surface area contributed by atoms with E-state index in [1.54, 1.807) is 35.8 Å². The molecule has 1 aromatic carbocycles. The molecule has 3 N–H and O–H groups in total. The number of aromatic hydroxyl groups is 1. The highest BCUT2D eigenvalue weighted by Gasteiger charge is 2.17. The lowest BCUT2D eigenvalue weighted by molar-refractivity contribution is 0.474. The highest BCUT2D eigenvalue weighted by molar-refractivity contribution is 6.01. The number of phenolic OH excluding ortho intramolecular Hbond substituents is 1. The fourth-order valence-corrected chi connectivity index (χ4v) is 2.72. The Kier molecular flexibility index (Phi) is 4.68. The van der Waals surface area contributed by atoms with E-state index in [4.69, 9.17) is 0 Å². The zero-order chi connectivity index (χ0) is 19.7. The molecule has 0 atom stereocenters. The van der Waals surface area contributed by atoms with Gasteiger partial charge < -0.3 is 5.11 Å². The zero-order valence-electron chi connectivity index (χ0n) is 15.3. The van der Waals surface area contributed by atoms with E-state index < -0.39 is 11.2 Å². The van der Waals surface area contributed by atoms with Crippen LogP contribution in [0.25, 0.3) is 11.2 Å². The number of anilines is 1. The van der Waals surface area contributed by atoms with Crippen LogP contribution in [0.5, 0.6) is 5.75 Å². The quantitative estimate of drug-likeness (QED) is 0.359. The van der Waals surface area contributed by atoms with Crippen LogP contribution in [0, 0.1) is 0 Å². The van der Waals surface area contributed by atoms with Gasteiger partial charge in [-0.25, -0.2) is 10.2 Å². The Balaban J connectivity index is 2.12. The SMILES string of the molecule is C=C(C)Cn1c(N/N=C(/C)c2ccccc2O)nc2c1c(=O)[nH]c(=O)n2C. The molecule has 0 aliphatic carbocycles. The van der Waals surface area contributed by atoms with Gasteiger partial charge in [0.1, 0.15) is 5.75 Å². The van der Waals surface area contributed by atoms with Crippen molar-refractivity contribution in [1.82, 2.24) is 19.1 Å². The molecule has 0 amide bonds. The minimum absolute atomic E-state index is 0.106. The minimum Gasteiger partial charge on any atom is -0.507 e. The fraction of sp³-hybridized carbons (Fsp3) is 0.222. The van der Waals surface area contributed by atoms with Gasteiger partial charge in [0.2, 0.25) is 5.95 Å². The summed E-state index contributed by atoms with van der Waals surface area (Å²) in [6, 6.07) is 6.82. The number of fused-ring (bicyclic) bond motifs is 1. The molecular formula is C18H20N6O3. The van der Waals surface area contributed by atoms with Crippen LogP contribution in [-0.4, -0.2) is 29.9 Å². The van der Waals surface area contributed by atoms with Crippen molar-refractivity contribution < 1.29 is 5.11 Å². The molecule has 0 saturated carbocycles. The van der Waals surface area contributed by atoms with Crippen molar-refractivity contribution >= 4 is 22.8 Å². The van der Waals surface area contributed by atoms with Crippen molar-refractivity contribution in [2.75, 3.05) is 5.43 Å². The second-order valence-electron chi connectivity index (χ2n) is 6.30. The summed E-state index contributed by atoms with van der Waals surface area (Å²) >= 11 is 0. The summed E-state index contributed by atoms with van der Waals surface area (Å²) in [6.45, 7) is 7.75. The van der Waals surface area contributed by atoms with Gasteiger partial charge in [0.05, 0.1) is 5.71 Å². The van der Waals surface area contributed by atoms with E-state index in [2.05, 4.69) is 27.1 Å². The number of aromatic nitrogens is 4. The lowest BCUT2D eigenvalue weighted by Crippen LogP contribution is -2.29. The Hall–Kier alpha value is -3.62. The van der Waals surface area contributed by atoms with E-state index in [0.29, 0.717) is 17.8 Å². The third-order valence-electron chi connectivity index (χ3n) is 4.05. The normalized spacial score (nSPS) is 11.7. The number of nitrogens with one attached hydrogen (secondary N) is 2.